The zero-order chi connectivity index (χ0) is 29.4. The Labute approximate surface area is 244 Å². The van der Waals surface area contributed by atoms with Gasteiger partial charge < -0.3 is 15.5 Å². The SMILES string of the molecule is O=C(Nc1ccc(C(F)(F)F)cc1)N(Cc1ccc(-c2cccc(CNC3CCCCC3)c2)cc1)Cc1cccnc1. The molecule has 1 aliphatic rings. The predicted molar refractivity (Wildman–Crippen MR) is 160 cm³/mol. The number of carbonyl (C=O) groups excluding carboxylic acids is 1. The summed E-state index contributed by atoms with van der Waals surface area (Å²) in [6, 6.07) is 25.0. The van der Waals surface area contributed by atoms with E-state index in [1.165, 1.54) is 49.8 Å². The quantitative estimate of drug-likeness (QED) is 0.212. The molecule has 0 spiro atoms. The van der Waals surface area contributed by atoms with Crippen LogP contribution in [0.25, 0.3) is 11.1 Å². The smallest absolute Gasteiger partial charge is 0.316 e. The number of benzene rings is 3. The van der Waals surface area contributed by atoms with Crippen molar-refractivity contribution in [3.05, 3.63) is 120 Å². The molecule has 0 saturated heterocycles. The molecule has 5 nitrogen and oxygen atoms in total. The molecule has 1 heterocycles. The molecule has 1 saturated carbocycles. The molecule has 1 aliphatic carbocycles. The van der Waals surface area contributed by atoms with Crippen LogP contribution in [0.15, 0.2) is 97.3 Å². The first kappa shape index (κ1) is 29.3. The number of carbonyl (C=O) groups is 1. The third kappa shape index (κ3) is 8.19. The first-order valence-electron chi connectivity index (χ1n) is 14.4. The minimum atomic E-state index is -4.44. The van der Waals surface area contributed by atoms with Crippen molar-refractivity contribution in [2.45, 2.75) is 64.0 Å². The van der Waals surface area contributed by atoms with Gasteiger partial charge in [-0.2, -0.15) is 13.2 Å². The average Bonchev–Trinajstić information content (AvgIpc) is 3.01. The second-order valence-corrected chi connectivity index (χ2v) is 10.8. The van der Waals surface area contributed by atoms with Crippen LogP contribution < -0.4 is 10.6 Å². The highest BCUT2D eigenvalue weighted by molar-refractivity contribution is 5.89. The maximum atomic E-state index is 13.3. The summed E-state index contributed by atoms with van der Waals surface area (Å²) in [7, 11) is 0. The fraction of sp³-hybridized carbons (Fsp3) is 0.294. The maximum Gasteiger partial charge on any atom is 0.416 e. The van der Waals surface area contributed by atoms with Crippen LogP contribution in [-0.2, 0) is 25.8 Å². The Bertz CT molecular complexity index is 1430. The van der Waals surface area contributed by atoms with Gasteiger partial charge in [0.1, 0.15) is 0 Å². The van der Waals surface area contributed by atoms with Crippen molar-refractivity contribution in [3.63, 3.8) is 0 Å². The Hall–Kier alpha value is -4.17. The summed E-state index contributed by atoms with van der Waals surface area (Å²) in [4.78, 5) is 19.0. The van der Waals surface area contributed by atoms with E-state index in [-0.39, 0.29) is 12.2 Å². The van der Waals surface area contributed by atoms with E-state index >= 15 is 0 Å². The highest BCUT2D eigenvalue weighted by Gasteiger charge is 2.30. The Morgan fingerprint density at radius 3 is 2.21 bits per heavy atom. The van der Waals surface area contributed by atoms with Crippen LogP contribution in [0, 0.1) is 0 Å². The first-order valence-corrected chi connectivity index (χ1v) is 14.4. The number of amides is 2. The third-order valence-electron chi connectivity index (χ3n) is 7.63. The van der Waals surface area contributed by atoms with Gasteiger partial charge in [-0.05, 0) is 77.1 Å². The average molecular weight is 573 g/mol. The molecule has 0 radical (unpaired) electrons. The van der Waals surface area contributed by atoms with E-state index in [4.69, 9.17) is 0 Å². The van der Waals surface area contributed by atoms with Gasteiger partial charge in [0.2, 0.25) is 0 Å². The van der Waals surface area contributed by atoms with E-state index in [0.29, 0.717) is 12.6 Å². The van der Waals surface area contributed by atoms with Crippen molar-refractivity contribution < 1.29 is 18.0 Å². The molecule has 1 fully saturated rings. The van der Waals surface area contributed by atoms with Crippen LogP contribution in [0.4, 0.5) is 23.7 Å². The van der Waals surface area contributed by atoms with Crippen LogP contribution in [0.5, 0.6) is 0 Å². The van der Waals surface area contributed by atoms with Gasteiger partial charge in [0.05, 0.1) is 5.56 Å². The number of anilines is 1. The van der Waals surface area contributed by atoms with Gasteiger partial charge in [-0.3, -0.25) is 4.98 Å². The van der Waals surface area contributed by atoms with Gasteiger partial charge in [0.15, 0.2) is 0 Å². The monoisotopic (exact) mass is 572 g/mol. The Balaban J connectivity index is 1.26. The van der Waals surface area contributed by atoms with E-state index < -0.39 is 17.8 Å². The summed E-state index contributed by atoms with van der Waals surface area (Å²) in [5, 5.41) is 6.44. The van der Waals surface area contributed by atoms with E-state index in [1.807, 2.05) is 18.2 Å². The Kier molecular flexibility index (Phi) is 9.54. The number of aromatic nitrogens is 1. The zero-order valence-corrected chi connectivity index (χ0v) is 23.4. The number of nitrogens with zero attached hydrogens (tertiary/aromatic N) is 2. The van der Waals surface area contributed by atoms with Crippen molar-refractivity contribution in [1.29, 1.82) is 0 Å². The largest absolute Gasteiger partial charge is 0.416 e. The fourth-order valence-corrected chi connectivity index (χ4v) is 5.31. The second kappa shape index (κ2) is 13.7. The Morgan fingerprint density at radius 1 is 0.810 bits per heavy atom. The molecule has 1 aromatic heterocycles. The molecular formula is C34H35F3N4O. The molecular weight excluding hydrogens is 537 g/mol. The van der Waals surface area contributed by atoms with Crippen LogP contribution in [0.3, 0.4) is 0 Å². The van der Waals surface area contributed by atoms with Gasteiger partial charge >= 0.3 is 12.2 Å². The third-order valence-corrected chi connectivity index (χ3v) is 7.63. The summed E-state index contributed by atoms with van der Waals surface area (Å²) >= 11 is 0. The Morgan fingerprint density at radius 2 is 1.52 bits per heavy atom. The van der Waals surface area contributed by atoms with Gasteiger partial charge in [-0.25, -0.2) is 4.79 Å². The lowest BCUT2D eigenvalue weighted by Gasteiger charge is -2.24. The van der Waals surface area contributed by atoms with E-state index in [9.17, 15) is 18.0 Å². The number of pyridine rings is 1. The number of rotatable bonds is 9. The molecule has 0 bridgehead atoms. The first-order chi connectivity index (χ1) is 20.3. The number of nitrogens with one attached hydrogen (secondary N) is 2. The zero-order valence-electron chi connectivity index (χ0n) is 23.4. The minimum absolute atomic E-state index is 0.289. The fourth-order valence-electron chi connectivity index (χ4n) is 5.31. The summed E-state index contributed by atoms with van der Waals surface area (Å²) in [5.41, 5.74) is 4.78. The topological polar surface area (TPSA) is 57.3 Å². The summed E-state index contributed by atoms with van der Waals surface area (Å²) in [6.07, 6.45) is 5.37. The van der Waals surface area contributed by atoms with Crippen molar-refractivity contribution in [1.82, 2.24) is 15.2 Å². The number of urea groups is 1. The number of halogens is 3. The lowest BCUT2D eigenvalue weighted by atomic mass is 9.95. The van der Waals surface area contributed by atoms with Gasteiger partial charge in [0.25, 0.3) is 0 Å². The minimum Gasteiger partial charge on any atom is -0.316 e. The summed E-state index contributed by atoms with van der Waals surface area (Å²) < 4.78 is 38.9. The van der Waals surface area contributed by atoms with Crippen LogP contribution in [0.1, 0.15) is 54.4 Å². The molecule has 2 N–H and O–H groups in total. The summed E-state index contributed by atoms with van der Waals surface area (Å²) in [6.45, 7) is 1.46. The lowest BCUT2D eigenvalue weighted by Crippen LogP contribution is -2.34. The number of hydrogen-bond acceptors (Lipinski definition) is 3. The molecule has 0 unspecified atom stereocenters. The number of hydrogen-bond donors (Lipinski definition) is 2. The predicted octanol–water partition coefficient (Wildman–Crippen LogP) is 8.42. The van der Waals surface area contributed by atoms with Gasteiger partial charge in [0, 0.05) is 43.8 Å². The molecule has 4 aromatic rings. The van der Waals surface area contributed by atoms with Gasteiger partial charge in [-0.1, -0.05) is 67.8 Å². The molecule has 3 aromatic carbocycles. The van der Waals surface area contributed by atoms with E-state index in [2.05, 4.69) is 52.0 Å². The van der Waals surface area contributed by atoms with Crippen LogP contribution in [-0.4, -0.2) is 22.0 Å². The normalized spacial score (nSPS) is 14.0. The maximum absolute atomic E-state index is 13.3. The highest BCUT2D eigenvalue weighted by Crippen LogP contribution is 2.30. The highest BCUT2D eigenvalue weighted by atomic mass is 19.4. The van der Waals surface area contributed by atoms with Crippen molar-refractivity contribution >= 4 is 11.7 Å². The van der Waals surface area contributed by atoms with Gasteiger partial charge in [-0.15, -0.1) is 0 Å². The molecule has 2 amide bonds. The van der Waals surface area contributed by atoms with Crippen molar-refractivity contribution in [2.24, 2.45) is 0 Å². The van der Waals surface area contributed by atoms with Crippen LogP contribution >= 0.6 is 0 Å². The van der Waals surface area contributed by atoms with Crippen molar-refractivity contribution in [3.8, 4) is 11.1 Å². The standard InChI is InChI=1S/C34H35F3N4O/c35-34(36,37)30-15-17-32(18-16-30)40-33(42)41(24-27-7-5-19-38-21-27)23-25-11-13-28(14-12-25)29-8-4-6-26(20-29)22-39-31-9-2-1-3-10-31/h4-8,11-21,31,39H,1-3,9-10,22-24H2,(H,40,42). The molecule has 0 atom stereocenters. The molecule has 5 rings (SSSR count). The lowest BCUT2D eigenvalue weighted by molar-refractivity contribution is -0.137. The molecule has 218 valence electrons. The molecule has 42 heavy (non-hydrogen) atoms. The van der Waals surface area contributed by atoms with Crippen molar-refractivity contribution in [2.75, 3.05) is 5.32 Å². The molecule has 0 aliphatic heterocycles. The number of alkyl halides is 3. The van der Waals surface area contributed by atoms with E-state index in [1.54, 1.807) is 23.4 Å². The van der Waals surface area contributed by atoms with E-state index in [0.717, 1.165) is 40.9 Å². The second-order valence-electron chi connectivity index (χ2n) is 10.8. The van der Waals surface area contributed by atoms with Crippen LogP contribution in [0.2, 0.25) is 0 Å². The summed E-state index contributed by atoms with van der Waals surface area (Å²) in [5.74, 6) is 0. The molecule has 8 heteroatoms.